The minimum atomic E-state index is -0.477. The van der Waals surface area contributed by atoms with E-state index in [0.717, 1.165) is 24.2 Å². The highest BCUT2D eigenvalue weighted by atomic mass is 16.5. The minimum Gasteiger partial charge on any atom is -0.497 e. The zero-order valence-electron chi connectivity index (χ0n) is 12.8. The van der Waals surface area contributed by atoms with Crippen molar-refractivity contribution in [2.45, 2.75) is 51.8 Å². The maximum atomic E-state index is 10.5. The first-order chi connectivity index (χ1) is 9.01. The highest BCUT2D eigenvalue weighted by molar-refractivity contribution is 5.29. The van der Waals surface area contributed by atoms with Crippen LogP contribution in [0.3, 0.4) is 0 Å². The van der Waals surface area contributed by atoms with Crippen molar-refractivity contribution in [3.8, 4) is 5.75 Å². The highest BCUT2D eigenvalue weighted by Gasteiger charge is 2.23. The van der Waals surface area contributed by atoms with Crippen LogP contribution in [-0.2, 0) is 0 Å². The molecule has 3 unspecified atom stereocenters. The predicted octanol–water partition coefficient (Wildman–Crippen LogP) is 3.24. The number of rotatable bonds is 7. The number of ether oxygens (including phenoxy) is 1. The second-order valence-electron chi connectivity index (χ2n) is 5.26. The molecule has 1 N–H and O–H groups in total. The van der Waals surface area contributed by atoms with E-state index in [1.54, 1.807) is 7.11 Å². The summed E-state index contributed by atoms with van der Waals surface area (Å²) in [5, 5.41) is 10.5. The lowest BCUT2D eigenvalue weighted by molar-refractivity contribution is 0.0509. The number of likely N-dealkylation sites (N-methyl/N-ethyl adjacent to an activating group) is 1. The summed E-state index contributed by atoms with van der Waals surface area (Å²) in [6, 6.07) is 8.21. The van der Waals surface area contributed by atoms with E-state index < -0.39 is 6.10 Å². The van der Waals surface area contributed by atoms with Gasteiger partial charge in [0, 0.05) is 12.1 Å². The van der Waals surface area contributed by atoms with E-state index in [1.807, 2.05) is 24.3 Å². The van der Waals surface area contributed by atoms with Gasteiger partial charge in [0.2, 0.25) is 0 Å². The van der Waals surface area contributed by atoms with E-state index in [0.29, 0.717) is 6.04 Å². The molecule has 0 radical (unpaired) electrons. The van der Waals surface area contributed by atoms with Crippen molar-refractivity contribution >= 4 is 0 Å². The molecule has 1 rings (SSSR count). The number of aliphatic hydroxyl groups excluding tert-OH is 1. The normalized spacial score (nSPS) is 16.2. The number of aliphatic hydroxyl groups is 1. The van der Waals surface area contributed by atoms with Crippen molar-refractivity contribution in [3.05, 3.63) is 29.8 Å². The van der Waals surface area contributed by atoms with Gasteiger partial charge >= 0.3 is 0 Å². The summed E-state index contributed by atoms with van der Waals surface area (Å²) in [4.78, 5) is 2.25. The summed E-state index contributed by atoms with van der Waals surface area (Å²) >= 11 is 0. The van der Waals surface area contributed by atoms with Crippen LogP contribution in [0.25, 0.3) is 0 Å². The van der Waals surface area contributed by atoms with Crippen LogP contribution in [0.5, 0.6) is 5.75 Å². The summed E-state index contributed by atoms with van der Waals surface area (Å²) in [6.45, 7) is 6.47. The Kier molecular flexibility index (Phi) is 6.32. The first kappa shape index (κ1) is 16.0. The van der Waals surface area contributed by atoms with Crippen LogP contribution in [0.1, 0.15) is 45.3 Å². The van der Waals surface area contributed by atoms with Gasteiger partial charge in [-0.05, 0) is 45.0 Å². The van der Waals surface area contributed by atoms with E-state index in [-0.39, 0.29) is 6.04 Å². The molecule has 0 bridgehead atoms. The van der Waals surface area contributed by atoms with Gasteiger partial charge in [0.05, 0.1) is 13.2 Å². The summed E-state index contributed by atoms with van der Waals surface area (Å²) in [5.74, 6) is 0.816. The van der Waals surface area contributed by atoms with Crippen molar-refractivity contribution in [2.75, 3.05) is 14.2 Å². The molecule has 0 aliphatic carbocycles. The van der Waals surface area contributed by atoms with Gasteiger partial charge in [-0.3, -0.25) is 4.90 Å². The van der Waals surface area contributed by atoms with Crippen molar-refractivity contribution in [2.24, 2.45) is 0 Å². The highest BCUT2D eigenvalue weighted by Crippen LogP contribution is 2.24. The molecule has 1 aromatic carbocycles. The van der Waals surface area contributed by atoms with Crippen molar-refractivity contribution in [3.63, 3.8) is 0 Å². The fourth-order valence-electron chi connectivity index (χ4n) is 2.33. The molecule has 0 aliphatic rings. The van der Waals surface area contributed by atoms with Crippen LogP contribution in [0, 0.1) is 0 Å². The molecule has 3 atom stereocenters. The molecule has 3 heteroatoms. The maximum absolute atomic E-state index is 10.5. The Labute approximate surface area is 117 Å². The lowest BCUT2D eigenvalue weighted by Crippen LogP contribution is -2.40. The van der Waals surface area contributed by atoms with Crippen LogP contribution in [0.2, 0.25) is 0 Å². The molecule has 0 aromatic heterocycles. The second-order valence-corrected chi connectivity index (χ2v) is 5.26. The Bertz CT molecular complexity index is 364. The smallest absolute Gasteiger partial charge is 0.118 e. The molecule has 0 fully saturated rings. The Morgan fingerprint density at radius 3 is 2.26 bits per heavy atom. The fraction of sp³-hybridized carbons (Fsp3) is 0.625. The monoisotopic (exact) mass is 265 g/mol. The second kappa shape index (κ2) is 7.51. The van der Waals surface area contributed by atoms with Crippen LogP contribution < -0.4 is 4.74 Å². The number of benzene rings is 1. The van der Waals surface area contributed by atoms with Crippen LogP contribution >= 0.6 is 0 Å². The van der Waals surface area contributed by atoms with Gasteiger partial charge in [-0.2, -0.15) is 0 Å². The van der Waals surface area contributed by atoms with Gasteiger partial charge in [-0.25, -0.2) is 0 Å². The van der Waals surface area contributed by atoms with Crippen molar-refractivity contribution < 1.29 is 9.84 Å². The average Bonchev–Trinajstić information content (AvgIpc) is 2.45. The summed E-state index contributed by atoms with van der Waals surface area (Å²) in [6.07, 6.45) is 1.84. The molecule has 108 valence electrons. The molecule has 0 spiro atoms. The van der Waals surface area contributed by atoms with Gasteiger partial charge in [0.1, 0.15) is 5.75 Å². The number of methoxy groups -OCH3 is 1. The zero-order valence-corrected chi connectivity index (χ0v) is 12.8. The van der Waals surface area contributed by atoms with E-state index in [9.17, 15) is 5.11 Å². The lowest BCUT2D eigenvalue weighted by Gasteiger charge is -2.34. The van der Waals surface area contributed by atoms with Crippen LogP contribution in [0.15, 0.2) is 24.3 Å². The van der Waals surface area contributed by atoms with E-state index in [4.69, 9.17) is 4.74 Å². The molecule has 0 heterocycles. The molecule has 1 aromatic rings. The molecule has 3 nitrogen and oxygen atoms in total. The van der Waals surface area contributed by atoms with Gasteiger partial charge < -0.3 is 9.84 Å². The molecule has 0 saturated carbocycles. The van der Waals surface area contributed by atoms with Crippen molar-refractivity contribution in [1.82, 2.24) is 4.90 Å². The number of hydrogen-bond donors (Lipinski definition) is 1. The molecule has 19 heavy (non-hydrogen) atoms. The molecule has 0 aliphatic heterocycles. The summed E-state index contributed by atoms with van der Waals surface area (Å²) in [5.41, 5.74) is 0.934. The summed E-state index contributed by atoms with van der Waals surface area (Å²) in [7, 11) is 3.73. The largest absolute Gasteiger partial charge is 0.497 e. The maximum Gasteiger partial charge on any atom is 0.118 e. The van der Waals surface area contributed by atoms with Gasteiger partial charge in [0.25, 0.3) is 0 Å². The quantitative estimate of drug-likeness (QED) is 0.821. The molecular formula is C16H27NO2. The standard InChI is InChI=1S/C16H27NO2/c1-6-7-12(2)17(4)13(3)16(18)14-8-10-15(19-5)11-9-14/h8-13,16,18H,6-7H2,1-5H3. The predicted molar refractivity (Wildman–Crippen MR) is 79.5 cm³/mol. The number of nitrogens with zero attached hydrogens (tertiary/aromatic N) is 1. The number of hydrogen-bond acceptors (Lipinski definition) is 3. The summed E-state index contributed by atoms with van der Waals surface area (Å²) < 4.78 is 5.13. The molecule has 0 amide bonds. The third-order valence-electron chi connectivity index (χ3n) is 3.96. The molecular weight excluding hydrogens is 238 g/mol. The van der Waals surface area contributed by atoms with Gasteiger partial charge in [-0.15, -0.1) is 0 Å². The average molecular weight is 265 g/mol. The van der Waals surface area contributed by atoms with Crippen molar-refractivity contribution in [1.29, 1.82) is 0 Å². The molecule has 0 saturated heterocycles. The minimum absolute atomic E-state index is 0.0925. The van der Waals surface area contributed by atoms with Gasteiger partial charge in [-0.1, -0.05) is 25.5 Å². The van der Waals surface area contributed by atoms with Crippen LogP contribution in [0.4, 0.5) is 0 Å². The van der Waals surface area contributed by atoms with E-state index >= 15 is 0 Å². The Balaban J connectivity index is 2.71. The SMILES string of the molecule is CCCC(C)N(C)C(C)C(O)c1ccc(OC)cc1. The topological polar surface area (TPSA) is 32.7 Å². The fourth-order valence-corrected chi connectivity index (χ4v) is 2.33. The van der Waals surface area contributed by atoms with Gasteiger partial charge in [0.15, 0.2) is 0 Å². The third-order valence-corrected chi connectivity index (χ3v) is 3.96. The Hall–Kier alpha value is -1.06. The van der Waals surface area contributed by atoms with Crippen LogP contribution in [-0.4, -0.2) is 36.2 Å². The first-order valence-electron chi connectivity index (χ1n) is 7.05. The zero-order chi connectivity index (χ0) is 14.4. The Morgan fingerprint density at radius 2 is 1.79 bits per heavy atom. The third kappa shape index (κ3) is 4.22. The Morgan fingerprint density at radius 1 is 1.21 bits per heavy atom. The van der Waals surface area contributed by atoms with E-state index in [1.165, 1.54) is 0 Å². The van der Waals surface area contributed by atoms with E-state index in [2.05, 4.69) is 32.7 Å². The first-order valence-corrected chi connectivity index (χ1v) is 7.05. The lowest BCUT2D eigenvalue weighted by atomic mass is 10.0.